The number of rotatable bonds is 7. The summed E-state index contributed by atoms with van der Waals surface area (Å²) in [7, 11) is 1.62. The Labute approximate surface area is 191 Å². The van der Waals surface area contributed by atoms with Crippen LogP contribution in [0.15, 0.2) is 58.6 Å². The predicted molar refractivity (Wildman–Crippen MR) is 126 cm³/mol. The van der Waals surface area contributed by atoms with E-state index in [2.05, 4.69) is 26.6 Å². The molecule has 156 valence electrons. The van der Waals surface area contributed by atoms with E-state index in [-0.39, 0.29) is 16.6 Å². The van der Waals surface area contributed by atoms with Gasteiger partial charge in [-0.1, -0.05) is 41.3 Å². The largest absolute Gasteiger partial charge is 0.510 e. The van der Waals surface area contributed by atoms with E-state index in [1.807, 2.05) is 55.5 Å². The lowest BCUT2D eigenvalue weighted by Crippen LogP contribution is -2.03. The number of ether oxygens (including phenoxy) is 1. The van der Waals surface area contributed by atoms with Crippen molar-refractivity contribution in [1.29, 1.82) is 5.26 Å². The summed E-state index contributed by atoms with van der Waals surface area (Å²) in [5, 5.41) is 32.7. The Morgan fingerprint density at radius 2 is 2.03 bits per heavy atom. The topological polar surface area (TPSA) is 104 Å². The van der Waals surface area contributed by atoms with Gasteiger partial charge in [0.2, 0.25) is 5.13 Å². The van der Waals surface area contributed by atoms with Crippen LogP contribution in [0.2, 0.25) is 0 Å². The van der Waals surface area contributed by atoms with Crippen LogP contribution >= 0.6 is 34.4 Å². The maximum absolute atomic E-state index is 10.7. The molecular formula is C21H17N5O2S3. The number of anilines is 2. The average molecular weight is 468 g/mol. The van der Waals surface area contributed by atoms with Gasteiger partial charge in [-0.25, -0.2) is 4.98 Å². The first-order valence-electron chi connectivity index (χ1n) is 9.18. The molecule has 31 heavy (non-hydrogen) atoms. The molecule has 0 amide bonds. The maximum Gasteiger partial charge on any atom is 0.210 e. The molecule has 0 aliphatic carbocycles. The Morgan fingerprint density at radius 3 is 2.81 bits per heavy atom. The van der Waals surface area contributed by atoms with Gasteiger partial charge in [-0.3, -0.25) is 0 Å². The first kappa shape index (κ1) is 21.1. The molecule has 0 aliphatic heterocycles. The van der Waals surface area contributed by atoms with Gasteiger partial charge in [0.15, 0.2) is 4.34 Å². The van der Waals surface area contributed by atoms with E-state index in [1.165, 1.54) is 34.4 Å². The highest BCUT2D eigenvalue weighted by Crippen LogP contribution is 2.36. The van der Waals surface area contributed by atoms with E-state index in [4.69, 9.17) is 4.74 Å². The molecule has 10 heteroatoms. The number of aliphatic hydroxyl groups excluding tert-OH is 1. The fourth-order valence-corrected chi connectivity index (χ4v) is 5.69. The second kappa shape index (κ2) is 9.34. The zero-order valence-corrected chi connectivity index (χ0v) is 19.0. The van der Waals surface area contributed by atoms with Crippen molar-refractivity contribution in [1.82, 2.24) is 15.2 Å². The predicted octanol–water partition coefficient (Wildman–Crippen LogP) is 5.87. The summed E-state index contributed by atoms with van der Waals surface area (Å²) < 4.78 is 6.87. The molecule has 1 atom stereocenters. The Balaban J connectivity index is 1.50. The molecule has 4 rings (SSSR count). The minimum atomic E-state index is -0.390. The average Bonchev–Trinajstić information content (AvgIpc) is 3.40. The van der Waals surface area contributed by atoms with Crippen LogP contribution in [0.4, 0.5) is 10.8 Å². The van der Waals surface area contributed by atoms with Crippen LogP contribution in [0.1, 0.15) is 11.9 Å². The summed E-state index contributed by atoms with van der Waals surface area (Å²) in [6, 6.07) is 17.3. The van der Waals surface area contributed by atoms with Gasteiger partial charge in [-0.2, -0.15) is 5.26 Å². The Hall–Kier alpha value is -3.13. The number of fused-ring (bicyclic) bond motifs is 1. The number of thioether (sulfide) groups is 1. The highest BCUT2D eigenvalue weighted by atomic mass is 32.2. The smallest absolute Gasteiger partial charge is 0.210 e. The Kier molecular flexibility index (Phi) is 6.36. The summed E-state index contributed by atoms with van der Waals surface area (Å²) in [6.45, 7) is 1.82. The van der Waals surface area contributed by atoms with Crippen LogP contribution in [0, 0.1) is 11.3 Å². The first-order valence-corrected chi connectivity index (χ1v) is 11.7. The third-order valence-electron chi connectivity index (χ3n) is 4.27. The van der Waals surface area contributed by atoms with Crippen LogP contribution in [-0.2, 0) is 0 Å². The summed E-state index contributed by atoms with van der Waals surface area (Å²) in [5.74, 6) is 0.718. The molecule has 4 aromatic rings. The lowest BCUT2D eigenvalue weighted by atomic mass is 10.2. The monoisotopic (exact) mass is 467 g/mol. The van der Waals surface area contributed by atoms with E-state index >= 15 is 0 Å². The molecule has 1 unspecified atom stereocenters. The molecule has 0 radical (unpaired) electrons. The number of aliphatic hydroxyl groups is 1. The van der Waals surface area contributed by atoms with E-state index in [1.54, 1.807) is 7.11 Å². The van der Waals surface area contributed by atoms with Crippen LogP contribution in [0.25, 0.3) is 15.8 Å². The summed E-state index contributed by atoms with van der Waals surface area (Å²) in [5.41, 5.74) is 1.83. The molecule has 2 aromatic carbocycles. The lowest BCUT2D eigenvalue weighted by molar-refractivity contribution is 0.402. The second-order valence-electron chi connectivity index (χ2n) is 6.35. The van der Waals surface area contributed by atoms with Crippen molar-refractivity contribution >= 4 is 61.0 Å². The fourth-order valence-electron chi connectivity index (χ4n) is 2.74. The fraction of sp³-hybridized carbons (Fsp3) is 0.143. The number of hydrogen-bond acceptors (Lipinski definition) is 10. The van der Waals surface area contributed by atoms with Gasteiger partial charge in [-0.15, -0.1) is 21.5 Å². The lowest BCUT2D eigenvalue weighted by Gasteiger charge is -2.09. The van der Waals surface area contributed by atoms with Crippen molar-refractivity contribution in [3.63, 3.8) is 0 Å². The zero-order valence-electron chi connectivity index (χ0n) is 16.6. The molecule has 0 bridgehead atoms. The normalized spacial score (nSPS) is 12.8. The van der Waals surface area contributed by atoms with Crippen molar-refractivity contribution in [2.24, 2.45) is 0 Å². The van der Waals surface area contributed by atoms with Gasteiger partial charge < -0.3 is 15.2 Å². The third kappa shape index (κ3) is 4.80. The molecule has 7 nitrogen and oxygen atoms in total. The third-order valence-corrected chi connectivity index (χ3v) is 7.35. The van der Waals surface area contributed by atoms with Gasteiger partial charge in [0.1, 0.15) is 28.2 Å². The Bertz CT molecular complexity index is 1260. The summed E-state index contributed by atoms with van der Waals surface area (Å²) >= 11 is 4.08. The summed E-state index contributed by atoms with van der Waals surface area (Å²) in [6.07, 6.45) is 0. The number of allylic oxidation sites excluding steroid dienone is 1. The number of aromatic nitrogens is 3. The number of nitrogens with one attached hydrogen (secondary N) is 1. The molecule has 0 fully saturated rings. The van der Waals surface area contributed by atoms with E-state index < -0.39 is 0 Å². The summed E-state index contributed by atoms with van der Waals surface area (Å²) in [4.78, 5) is 4.48. The number of nitriles is 1. The maximum atomic E-state index is 10.7. The highest BCUT2D eigenvalue weighted by molar-refractivity contribution is 8.01. The zero-order chi connectivity index (χ0) is 21.8. The van der Waals surface area contributed by atoms with Gasteiger partial charge in [0.25, 0.3) is 0 Å². The van der Waals surface area contributed by atoms with Crippen molar-refractivity contribution < 1.29 is 9.84 Å². The van der Waals surface area contributed by atoms with Gasteiger partial charge in [-0.05, 0) is 31.2 Å². The van der Waals surface area contributed by atoms with Crippen molar-refractivity contribution in [3.05, 3.63) is 59.3 Å². The quantitative estimate of drug-likeness (QED) is 0.197. The number of thiazole rings is 1. The van der Waals surface area contributed by atoms with Crippen molar-refractivity contribution in [2.45, 2.75) is 16.5 Å². The van der Waals surface area contributed by atoms with Crippen molar-refractivity contribution in [3.8, 4) is 11.8 Å². The minimum Gasteiger partial charge on any atom is -0.510 e. The van der Waals surface area contributed by atoms with Crippen LogP contribution in [0.5, 0.6) is 5.75 Å². The highest BCUT2D eigenvalue weighted by Gasteiger charge is 2.21. The number of para-hydroxylation sites is 1. The van der Waals surface area contributed by atoms with Crippen LogP contribution < -0.4 is 10.1 Å². The van der Waals surface area contributed by atoms with E-state index in [9.17, 15) is 10.4 Å². The van der Waals surface area contributed by atoms with Crippen LogP contribution in [0.3, 0.4) is 0 Å². The number of methoxy groups -OCH3 is 1. The molecule has 0 saturated carbocycles. The number of benzene rings is 2. The molecule has 0 saturated heterocycles. The van der Waals surface area contributed by atoms with E-state index in [0.717, 1.165) is 21.7 Å². The number of hydrogen-bond donors (Lipinski definition) is 2. The van der Waals surface area contributed by atoms with Gasteiger partial charge >= 0.3 is 0 Å². The molecule has 2 N–H and O–H groups in total. The molecular weight excluding hydrogens is 450 g/mol. The van der Waals surface area contributed by atoms with Gasteiger partial charge in [0.05, 0.1) is 22.6 Å². The standard InChI is InChI=1S/C21H17N5O2S3/c1-12(18(27)15(11-22)19-24-16-8-3-4-9-17(16)30-19)29-21-26-25-20(31-21)23-13-6-5-7-14(10-13)28-2/h3-10,12,27H,1-2H3,(H,23,25)/b18-15-. The molecule has 2 aromatic heterocycles. The first-order chi connectivity index (χ1) is 15.1. The van der Waals surface area contributed by atoms with Gasteiger partial charge in [0, 0.05) is 11.8 Å². The molecule has 0 spiro atoms. The second-order valence-corrected chi connectivity index (χ2v) is 9.95. The SMILES string of the molecule is COc1cccc(Nc2nnc(SC(C)/C(O)=C(\C#N)c3nc4ccccc4s3)s2)c1. The molecule has 0 aliphatic rings. The molecule has 2 heterocycles. The number of nitrogens with zero attached hydrogens (tertiary/aromatic N) is 4. The van der Waals surface area contributed by atoms with Crippen molar-refractivity contribution in [2.75, 3.05) is 12.4 Å². The Morgan fingerprint density at radius 1 is 1.19 bits per heavy atom. The van der Waals surface area contributed by atoms with E-state index in [0.29, 0.717) is 14.5 Å². The van der Waals surface area contributed by atoms with Crippen LogP contribution in [-0.4, -0.2) is 32.6 Å². The minimum absolute atomic E-state index is 0.0240.